The molecule has 0 saturated carbocycles. The maximum absolute atomic E-state index is 5.84. The standard InChI is InChI=1S/C11H14ClN5/c1-2-9(11-14-3-4-15-11)17-10-8(13)5-7(12)6-16-10/h3-6,9H,2,13H2,1H3,(H,14,15)(H,16,17). The van der Waals surface area contributed by atoms with Crippen LogP contribution < -0.4 is 11.1 Å². The van der Waals surface area contributed by atoms with E-state index in [0.717, 1.165) is 12.2 Å². The van der Waals surface area contributed by atoms with Crippen molar-refractivity contribution in [3.63, 3.8) is 0 Å². The lowest BCUT2D eigenvalue weighted by atomic mass is 10.2. The lowest BCUT2D eigenvalue weighted by Crippen LogP contribution is -2.13. The summed E-state index contributed by atoms with van der Waals surface area (Å²) in [5.41, 5.74) is 6.37. The number of hydrogen-bond donors (Lipinski definition) is 3. The number of H-pyrrole nitrogens is 1. The highest BCUT2D eigenvalue weighted by Gasteiger charge is 2.13. The highest BCUT2D eigenvalue weighted by molar-refractivity contribution is 6.30. The smallest absolute Gasteiger partial charge is 0.149 e. The molecule has 0 bridgehead atoms. The van der Waals surface area contributed by atoms with Gasteiger partial charge in [-0.05, 0) is 12.5 Å². The SMILES string of the molecule is CCC(Nc1ncc(Cl)cc1N)c1ncc[nH]1. The Morgan fingerprint density at radius 3 is 2.94 bits per heavy atom. The normalized spacial score (nSPS) is 12.4. The van der Waals surface area contributed by atoms with Crippen LogP contribution in [0.15, 0.2) is 24.7 Å². The van der Waals surface area contributed by atoms with E-state index in [1.165, 1.54) is 0 Å². The molecule has 2 heterocycles. The summed E-state index contributed by atoms with van der Waals surface area (Å²) in [6.45, 7) is 2.06. The summed E-state index contributed by atoms with van der Waals surface area (Å²) in [4.78, 5) is 11.5. The van der Waals surface area contributed by atoms with E-state index in [1.54, 1.807) is 24.7 Å². The van der Waals surface area contributed by atoms with Crippen molar-refractivity contribution in [1.82, 2.24) is 15.0 Å². The van der Waals surface area contributed by atoms with Gasteiger partial charge in [0.15, 0.2) is 0 Å². The first-order valence-corrected chi connectivity index (χ1v) is 5.75. The van der Waals surface area contributed by atoms with Crippen molar-refractivity contribution in [3.05, 3.63) is 35.5 Å². The van der Waals surface area contributed by atoms with Crippen LogP contribution in [0.1, 0.15) is 25.2 Å². The highest BCUT2D eigenvalue weighted by atomic mass is 35.5. The largest absolute Gasteiger partial charge is 0.396 e. The molecule has 0 amide bonds. The number of aromatic amines is 1. The third-order valence-corrected chi connectivity index (χ3v) is 2.66. The van der Waals surface area contributed by atoms with Gasteiger partial charge in [-0.25, -0.2) is 9.97 Å². The van der Waals surface area contributed by atoms with Crippen molar-refractivity contribution < 1.29 is 0 Å². The van der Waals surface area contributed by atoms with E-state index in [4.69, 9.17) is 17.3 Å². The van der Waals surface area contributed by atoms with Crippen molar-refractivity contribution in [2.75, 3.05) is 11.1 Å². The van der Waals surface area contributed by atoms with Crippen LogP contribution in [-0.2, 0) is 0 Å². The lowest BCUT2D eigenvalue weighted by molar-refractivity contribution is 0.701. The molecule has 0 aromatic carbocycles. The quantitative estimate of drug-likeness (QED) is 0.780. The Labute approximate surface area is 104 Å². The van der Waals surface area contributed by atoms with Gasteiger partial charge >= 0.3 is 0 Å². The van der Waals surface area contributed by atoms with Gasteiger partial charge in [-0.3, -0.25) is 0 Å². The molecule has 0 aliphatic heterocycles. The van der Waals surface area contributed by atoms with Crippen LogP contribution in [0.5, 0.6) is 0 Å². The molecule has 2 rings (SSSR count). The zero-order valence-electron chi connectivity index (χ0n) is 9.44. The van der Waals surface area contributed by atoms with E-state index >= 15 is 0 Å². The van der Waals surface area contributed by atoms with E-state index in [1.807, 2.05) is 0 Å². The topological polar surface area (TPSA) is 79.6 Å². The number of nitrogens with two attached hydrogens (primary N) is 1. The van der Waals surface area contributed by atoms with Crippen LogP contribution in [0, 0.1) is 0 Å². The molecule has 0 saturated heterocycles. The van der Waals surface area contributed by atoms with Gasteiger partial charge in [0.25, 0.3) is 0 Å². The fourth-order valence-corrected chi connectivity index (χ4v) is 1.74. The van der Waals surface area contributed by atoms with E-state index in [2.05, 4.69) is 27.2 Å². The molecule has 4 N–H and O–H groups in total. The number of pyridine rings is 1. The van der Waals surface area contributed by atoms with Gasteiger partial charge in [0.05, 0.1) is 16.8 Å². The second-order valence-corrected chi connectivity index (χ2v) is 4.11. The van der Waals surface area contributed by atoms with Gasteiger partial charge in [-0.2, -0.15) is 0 Å². The Balaban J connectivity index is 2.19. The molecule has 0 spiro atoms. The van der Waals surface area contributed by atoms with Crippen molar-refractivity contribution in [3.8, 4) is 0 Å². The van der Waals surface area contributed by atoms with Crippen molar-refractivity contribution in [1.29, 1.82) is 0 Å². The summed E-state index contributed by atoms with van der Waals surface area (Å²) < 4.78 is 0. The molecule has 2 aromatic heterocycles. The second kappa shape index (κ2) is 5.05. The van der Waals surface area contributed by atoms with Gasteiger partial charge in [-0.15, -0.1) is 0 Å². The predicted molar refractivity (Wildman–Crippen MR) is 68.9 cm³/mol. The summed E-state index contributed by atoms with van der Waals surface area (Å²) in [5.74, 6) is 1.49. The van der Waals surface area contributed by atoms with Crippen LogP contribution in [-0.4, -0.2) is 15.0 Å². The number of halogens is 1. The van der Waals surface area contributed by atoms with Crippen LogP contribution >= 0.6 is 11.6 Å². The fraction of sp³-hybridized carbons (Fsp3) is 0.273. The zero-order chi connectivity index (χ0) is 12.3. The Hall–Kier alpha value is -1.75. The summed E-state index contributed by atoms with van der Waals surface area (Å²) in [7, 11) is 0. The molecule has 5 nitrogen and oxygen atoms in total. The number of nitrogen functional groups attached to an aromatic ring is 1. The Kier molecular flexibility index (Phi) is 3.49. The number of rotatable bonds is 4. The summed E-state index contributed by atoms with van der Waals surface area (Å²) in [6, 6.07) is 1.73. The van der Waals surface area contributed by atoms with Crippen LogP contribution in [0.4, 0.5) is 11.5 Å². The minimum Gasteiger partial charge on any atom is -0.396 e. The molecule has 0 fully saturated rings. The molecular formula is C11H14ClN5. The monoisotopic (exact) mass is 251 g/mol. The number of hydrogen-bond acceptors (Lipinski definition) is 4. The van der Waals surface area contributed by atoms with Gasteiger partial charge in [0.1, 0.15) is 11.6 Å². The molecular weight excluding hydrogens is 238 g/mol. The third kappa shape index (κ3) is 2.68. The van der Waals surface area contributed by atoms with Crippen LogP contribution in [0.3, 0.4) is 0 Å². The number of nitrogens with one attached hydrogen (secondary N) is 2. The summed E-state index contributed by atoms with van der Waals surface area (Å²) in [5, 5.41) is 3.77. The predicted octanol–water partition coefficient (Wildman–Crippen LogP) is 2.60. The fourth-order valence-electron chi connectivity index (χ4n) is 1.57. The van der Waals surface area contributed by atoms with Crippen LogP contribution in [0.25, 0.3) is 0 Å². The number of anilines is 2. The molecule has 1 atom stereocenters. The van der Waals surface area contributed by atoms with Gasteiger partial charge in [-0.1, -0.05) is 18.5 Å². The Bertz CT molecular complexity index is 483. The molecule has 17 heavy (non-hydrogen) atoms. The minimum atomic E-state index is 0.0565. The van der Waals surface area contributed by atoms with E-state index in [-0.39, 0.29) is 6.04 Å². The van der Waals surface area contributed by atoms with Gasteiger partial charge in [0, 0.05) is 18.6 Å². The summed E-state index contributed by atoms with van der Waals surface area (Å²) >= 11 is 5.80. The highest BCUT2D eigenvalue weighted by Crippen LogP contribution is 2.24. The van der Waals surface area contributed by atoms with Crippen LogP contribution in [0.2, 0.25) is 5.02 Å². The number of imidazole rings is 1. The maximum atomic E-state index is 5.84. The first kappa shape index (κ1) is 11.7. The second-order valence-electron chi connectivity index (χ2n) is 3.67. The average molecular weight is 252 g/mol. The minimum absolute atomic E-state index is 0.0565. The maximum Gasteiger partial charge on any atom is 0.149 e. The molecule has 6 heteroatoms. The van der Waals surface area contributed by atoms with Crippen molar-refractivity contribution >= 4 is 23.1 Å². The zero-order valence-corrected chi connectivity index (χ0v) is 10.2. The van der Waals surface area contributed by atoms with Crippen molar-refractivity contribution in [2.24, 2.45) is 0 Å². The van der Waals surface area contributed by atoms with Gasteiger partial charge < -0.3 is 16.0 Å². The molecule has 0 aliphatic carbocycles. The van der Waals surface area contributed by atoms with Crippen molar-refractivity contribution in [2.45, 2.75) is 19.4 Å². The van der Waals surface area contributed by atoms with E-state index < -0.39 is 0 Å². The number of aromatic nitrogens is 3. The Morgan fingerprint density at radius 1 is 1.53 bits per heavy atom. The van der Waals surface area contributed by atoms with E-state index in [9.17, 15) is 0 Å². The summed E-state index contributed by atoms with van der Waals surface area (Å²) in [6.07, 6.45) is 5.95. The first-order chi connectivity index (χ1) is 8.20. The molecule has 90 valence electrons. The molecule has 0 radical (unpaired) electrons. The Morgan fingerprint density at radius 2 is 2.35 bits per heavy atom. The molecule has 2 aromatic rings. The number of nitrogens with zero attached hydrogens (tertiary/aromatic N) is 2. The molecule has 0 aliphatic rings. The lowest BCUT2D eigenvalue weighted by Gasteiger charge is -2.16. The van der Waals surface area contributed by atoms with E-state index in [0.29, 0.717) is 16.5 Å². The first-order valence-electron chi connectivity index (χ1n) is 5.37. The van der Waals surface area contributed by atoms with Gasteiger partial charge in [0.2, 0.25) is 0 Å². The molecule has 1 unspecified atom stereocenters. The average Bonchev–Trinajstić information content (AvgIpc) is 2.81. The third-order valence-electron chi connectivity index (χ3n) is 2.45.